The van der Waals surface area contributed by atoms with E-state index in [0.717, 1.165) is 29.3 Å². The normalized spacial score (nSPS) is 38.7. The Morgan fingerprint density at radius 2 is 1.57 bits per heavy atom. The minimum atomic E-state index is 0.598. The Hall–Kier alpha value is -0.530. The Labute approximate surface area is 133 Å². The summed E-state index contributed by atoms with van der Waals surface area (Å²) in [6.45, 7) is 3.41. The van der Waals surface area contributed by atoms with Gasteiger partial charge in [-0.05, 0) is 86.3 Å². The summed E-state index contributed by atoms with van der Waals surface area (Å²) >= 11 is 5.96. The average Bonchev–Trinajstić information content (AvgIpc) is 2.45. The molecule has 0 aliphatic heterocycles. The van der Waals surface area contributed by atoms with Gasteiger partial charge in [-0.3, -0.25) is 0 Å². The van der Waals surface area contributed by atoms with E-state index in [-0.39, 0.29) is 0 Å². The lowest BCUT2D eigenvalue weighted by atomic mass is 9.48. The molecule has 0 spiro atoms. The van der Waals surface area contributed by atoms with Crippen LogP contribution in [0.15, 0.2) is 24.3 Å². The molecule has 1 aromatic rings. The number of halogens is 1. The molecule has 5 rings (SSSR count). The van der Waals surface area contributed by atoms with Crippen molar-refractivity contribution in [3.8, 4) is 0 Å². The van der Waals surface area contributed by atoms with Crippen LogP contribution in [0.25, 0.3) is 0 Å². The third-order valence-corrected chi connectivity index (χ3v) is 6.78. The predicted molar refractivity (Wildman–Crippen MR) is 88.4 cm³/mol. The summed E-state index contributed by atoms with van der Waals surface area (Å²) in [7, 11) is 0. The number of rotatable bonds is 4. The Balaban J connectivity index is 1.42. The fourth-order valence-corrected chi connectivity index (χ4v) is 5.92. The van der Waals surface area contributed by atoms with Crippen molar-refractivity contribution in [1.29, 1.82) is 0 Å². The maximum Gasteiger partial charge on any atom is 0.0406 e. The van der Waals surface area contributed by atoms with E-state index >= 15 is 0 Å². The van der Waals surface area contributed by atoms with E-state index < -0.39 is 0 Å². The largest absolute Gasteiger partial charge is 0.310 e. The molecule has 1 N–H and O–H groups in total. The highest BCUT2D eigenvalue weighted by Gasteiger charge is 2.52. The summed E-state index contributed by atoms with van der Waals surface area (Å²) in [5, 5.41) is 4.66. The maximum atomic E-state index is 5.96. The zero-order valence-corrected chi connectivity index (χ0v) is 13.7. The van der Waals surface area contributed by atoms with Crippen molar-refractivity contribution >= 4 is 11.6 Å². The molecule has 1 atom stereocenters. The summed E-state index contributed by atoms with van der Waals surface area (Å²) in [6, 6.07) is 8.91. The van der Waals surface area contributed by atoms with Crippen LogP contribution >= 0.6 is 11.6 Å². The number of nitrogens with one attached hydrogen (secondary N) is 1. The molecular formula is C19H26ClN. The zero-order valence-electron chi connectivity index (χ0n) is 12.9. The monoisotopic (exact) mass is 303 g/mol. The molecule has 114 valence electrons. The van der Waals surface area contributed by atoms with Gasteiger partial charge < -0.3 is 5.32 Å². The fraction of sp³-hybridized carbons (Fsp3) is 0.684. The van der Waals surface area contributed by atoms with E-state index in [4.69, 9.17) is 11.6 Å². The molecule has 21 heavy (non-hydrogen) atoms. The number of hydrogen-bond acceptors (Lipinski definition) is 1. The quantitative estimate of drug-likeness (QED) is 0.822. The second kappa shape index (κ2) is 5.28. The minimum Gasteiger partial charge on any atom is -0.310 e. The highest BCUT2D eigenvalue weighted by Crippen LogP contribution is 2.61. The van der Waals surface area contributed by atoms with Crippen LogP contribution in [0.5, 0.6) is 0 Å². The maximum absolute atomic E-state index is 5.96. The molecule has 1 nitrogen and oxygen atoms in total. The van der Waals surface area contributed by atoms with E-state index in [1.807, 2.05) is 12.1 Å². The lowest BCUT2D eigenvalue weighted by Gasteiger charge is -2.59. The van der Waals surface area contributed by atoms with Gasteiger partial charge in [0.2, 0.25) is 0 Å². The van der Waals surface area contributed by atoms with Crippen LogP contribution in [0.2, 0.25) is 5.02 Å². The highest BCUT2D eigenvalue weighted by atomic mass is 35.5. The molecule has 0 radical (unpaired) electrons. The van der Waals surface area contributed by atoms with E-state index in [0.29, 0.717) is 11.5 Å². The molecule has 4 aliphatic carbocycles. The standard InChI is InChI=1S/C19H26ClN/c1-13(21-12-14-2-4-18(20)5-3-14)19-9-15-6-16(10-19)8-17(7-15)11-19/h2-5,13,15-17,21H,6-12H2,1H3/t13-,15?,16?,17?,19?/m1/s1. The van der Waals surface area contributed by atoms with Gasteiger partial charge in [-0.1, -0.05) is 23.7 Å². The predicted octanol–water partition coefficient (Wildman–Crippen LogP) is 5.03. The van der Waals surface area contributed by atoms with Crippen LogP contribution in [0, 0.1) is 23.2 Å². The molecule has 2 heteroatoms. The van der Waals surface area contributed by atoms with Gasteiger partial charge in [0, 0.05) is 17.6 Å². The van der Waals surface area contributed by atoms with Crippen LogP contribution in [0.3, 0.4) is 0 Å². The summed E-state index contributed by atoms with van der Waals surface area (Å²) in [4.78, 5) is 0. The fourth-order valence-electron chi connectivity index (χ4n) is 5.80. The van der Waals surface area contributed by atoms with Crippen molar-refractivity contribution in [2.75, 3.05) is 0 Å². The molecule has 0 amide bonds. The first kappa shape index (κ1) is 14.1. The smallest absolute Gasteiger partial charge is 0.0406 e. The second-order valence-electron chi connectivity index (χ2n) is 8.01. The molecule has 0 saturated heterocycles. The van der Waals surface area contributed by atoms with Crippen molar-refractivity contribution in [3.05, 3.63) is 34.9 Å². The van der Waals surface area contributed by atoms with E-state index in [2.05, 4.69) is 24.4 Å². The van der Waals surface area contributed by atoms with Crippen molar-refractivity contribution in [1.82, 2.24) is 5.32 Å². The number of benzene rings is 1. The summed E-state index contributed by atoms with van der Waals surface area (Å²) in [6.07, 6.45) is 9.03. The Kier molecular flexibility index (Phi) is 3.54. The van der Waals surface area contributed by atoms with Crippen LogP contribution in [0.4, 0.5) is 0 Å². The van der Waals surface area contributed by atoms with Crippen molar-refractivity contribution in [2.45, 2.75) is 58.0 Å². The molecule has 4 bridgehead atoms. The Morgan fingerprint density at radius 1 is 1.05 bits per heavy atom. The molecule has 0 heterocycles. The third-order valence-electron chi connectivity index (χ3n) is 6.53. The van der Waals surface area contributed by atoms with Gasteiger partial charge in [0.25, 0.3) is 0 Å². The first-order valence-electron chi connectivity index (χ1n) is 8.61. The van der Waals surface area contributed by atoms with Crippen molar-refractivity contribution in [3.63, 3.8) is 0 Å². The van der Waals surface area contributed by atoms with Crippen molar-refractivity contribution in [2.24, 2.45) is 23.2 Å². The summed E-state index contributed by atoms with van der Waals surface area (Å²) in [5.74, 6) is 3.11. The second-order valence-corrected chi connectivity index (χ2v) is 8.45. The van der Waals surface area contributed by atoms with Crippen LogP contribution in [-0.2, 0) is 6.54 Å². The van der Waals surface area contributed by atoms with Gasteiger partial charge in [0.05, 0.1) is 0 Å². The molecule has 0 aromatic heterocycles. The van der Waals surface area contributed by atoms with E-state index in [1.165, 1.54) is 44.1 Å². The van der Waals surface area contributed by atoms with Gasteiger partial charge in [0.15, 0.2) is 0 Å². The van der Waals surface area contributed by atoms with Gasteiger partial charge in [-0.15, -0.1) is 0 Å². The molecule has 1 aromatic carbocycles. The van der Waals surface area contributed by atoms with Gasteiger partial charge >= 0.3 is 0 Å². The van der Waals surface area contributed by atoms with Crippen LogP contribution in [-0.4, -0.2) is 6.04 Å². The molecule has 4 saturated carbocycles. The SMILES string of the molecule is C[C@@H](NCc1ccc(Cl)cc1)C12CC3CC(CC(C3)C1)C2. The number of hydrogen-bond donors (Lipinski definition) is 1. The van der Waals surface area contributed by atoms with E-state index in [1.54, 1.807) is 0 Å². The molecular weight excluding hydrogens is 278 g/mol. The Bertz CT molecular complexity index is 472. The van der Waals surface area contributed by atoms with Gasteiger partial charge in [0.1, 0.15) is 0 Å². The first-order chi connectivity index (χ1) is 10.1. The average molecular weight is 304 g/mol. The molecule has 4 fully saturated rings. The highest BCUT2D eigenvalue weighted by molar-refractivity contribution is 6.30. The van der Waals surface area contributed by atoms with Gasteiger partial charge in [-0.25, -0.2) is 0 Å². The first-order valence-corrected chi connectivity index (χ1v) is 8.99. The lowest BCUT2D eigenvalue weighted by molar-refractivity contribution is -0.0706. The zero-order chi connectivity index (χ0) is 14.4. The topological polar surface area (TPSA) is 12.0 Å². The van der Waals surface area contributed by atoms with Crippen molar-refractivity contribution < 1.29 is 0 Å². The molecule has 0 unspecified atom stereocenters. The lowest BCUT2D eigenvalue weighted by Crippen LogP contribution is -2.54. The summed E-state index contributed by atoms with van der Waals surface area (Å²) in [5.41, 5.74) is 1.94. The Morgan fingerprint density at radius 3 is 2.10 bits per heavy atom. The van der Waals surface area contributed by atoms with E-state index in [9.17, 15) is 0 Å². The third kappa shape index (κ3) is 2.64. The van der Waals surface area contributed by atoms with Crippen LogP contribution < -0.4 is 5.32 Å². The van der Waals surface area contributed by atoms with Crippen LogP contribution in [0.1, 0.15) is 51.0 Å². The molecule has 4 aliphatic rings. The summed E-state index contributed by atoms with van der Waals surface area (Å²) < 4.78 is 0. The van der Waals surface area contributed by atoms with Gasteiger partial charge in [-0.2, -0.15) is 0 Å². The minimum absolute atomic E-state index is 0.598.